The van der Waals surface area contributed by atoms with Crippen LogP contribution in [0.4, 0.5) is 5.69 Å². The van der Waals surface area contributed by atoms with E-state index in [-0.39, 0.29) is 10.6 Å². The lowest BCUT2D eigenvalue weighted by atomic mass is 10.2. The van der Waals surface area contributed by atoms with Crippen molar-refractivity contribution in [1.29, 1.82) is 0 Å². The number of halogens is 1. The van der Waals surface area contributed by atoms with E-state index in [0.29, 0.717) is 16.3 Å². The Morgan fingerprint density at radius 1 is 1.06 bits per heavy atom. The van der Waals surface area contributed by atoms with Gasteiger partial charge in [0.05, 0.1) is 23.9 Å². The molecule has 1 amide bonds. The predicted molar refractivity (Wildman–Crippen MR) is 121 cm³/mol. The van der Waals surface area contributed by atoms with Gasteiger partial charge < -0.3 is 4.74 Å². The Labute approximate surface area is 186 Å². The van der Waals surface area contributed by atoms with Crippen molar-refractivity contribution < 1.29 is 17.9 Å². The highest BCUT2D eigenvalue weighted by atomic mass is 35.5. The Bertz CT molecular complexity index is 1180. The van der Waals surface area contributed by atoms with Crippen molar-refractivity contribution in [1.82, 2.24) is 5.43 Å². The number of carbonyl (C=O) groups is 1. The van der Waals surface area contributed by atoms with Gasteiger partial charge in [-0.3, -0.25) is 9.10 Å². The zero-order chi connectivity index (χ0) is 22.3. The van der Waals surface area contributed by atoms with E-state index in [9.17, 15) is 13.2 Å². The second-order valence-electron chi connectivity index (χ2n) is 6.37. The molecule has 31 heavy (non-hydrogen) atoms. The molecule has 7 nitrogen and oxygen atoms in total. The van der Waals surface area contributed by atoms with E-state index in [0.717, 1.165) is 4.31 Å². The van der Waals surface area contributed by atoms with Crippen LogP contribution in [-0.2, 0) is 14.8 Å². The minimum Gasteiger partial charge on any atom is -0.497 e. The third-order valence-corrected chi connectivity index (χ3v) is 6.23. The summed E-state index contributed by atoms with van der Waals surface area (Å²) in [5.74, 6) is -0.147. The van der Waals surface area contributed by atoms with Crippen molar-refractivity contribution in [2.75, 3.05) is 18.0 Å². The monoisotopic (exact) mass is 457 g/mol. The summed E-state index contributed by atoms with van der Waals surface area (Å²) < 4.78 is 32.7. The number of sulfonamides is 1. The number of nitrogens with one attached hydrogen (secondary N) is 1. The highest BCUT2D eigenvalue weighted by Gasteiger charge is 2.27. The van der Waals surface area contributed by atoms with Crippen molar-refractivity contribution in [3.05, 3.63) is 89.4 Å². The van der Waals surface area contributed by atoms with E-state index >= 15 is 0 Å². The molecule has 9 heteroatoms. The van der Waals surface area contributed by atoms with Gasteiger partial charge in [-0.1, -0.05) is 48.0 Å². The molecule has 3 aromatic carbocycles. The van der Waals surface area contributed by atoms with Crippen LogP contribution < -0.4 is 14.5 Å². The maximum atomic E-state index is 13.3. The minimum absolute atomic E-state index is 0.0630. The van der Waals surface area contributed by atoms with Crippen LogP contribution in [0.25, 0.3) is 0 Å². The van der Waals surface area contributed by atoms with E-state index < -0.39 is 22.5 Å². The summed E-state index contributed by atoms with van der Waals surface area (Å²) in [4.78, 5) is 12.6. The first-order valence-corrected chi connectivity index (χ1v) is 11.0. The molecule has 0 spiro atoms. The fourth-order valence-corrected chi connectivity index (χ4v) is 4.36. The molecule has 0 aromatic heterocycles. The first kappa shape index (κ1) is 22.3. The highest BCUT2D eigenvalue weighted by Crippen LogP contribution is 2.26. The Kier molecular flexibility index (Phi) is 7.28. The second kappa shape index (κ2) is 10.1. The summed E-state index contributed by atoms with van der Waals surface area (Å²) in [5.41, 5.74) is 3.33. The van der Waals surface area contributed by atoms with Gasteiger partial charge in [0.25, 0.3) is 15.9 Å². The van der Waals surface area contributed by atoms with E-state index in [2.05, 4.69) is 10.5 Å². The summed E-state index contributed by atoms with van der Waals surface area (Å²) >= 11 is 5.92. The van der Waals surface area contributed by atoms with Crippen LogP contribution in [0.2, 0.25) is 5.02 Å². The normalized spacial score (nSPS) is 11.3. The SMILES string of the molecule is COc1cccc(N(CC(=O)N/N=C\c2cccc(Cl)c2)S(=O)(=O)c2ccccc2)c1. The molecule has 0 aliphatic carbocycles. The van der Waals surface area contributed by atoms with Crippen molar-refractivity contribution in [2.45, 2.75) is 4.90 Å². The standard InChI is InChI=1S/C22H20ClN3O4S/c1-30-20-10-6-9-19(14-20)26(31(28,29)21-11-3-2-4-12-21)16-22(27)25-24-15-17-7-5-8-18(23)13-17/h2-15H,16H2,1H3,(H,25,27)/b24-15-. The number of anilines is 1. The number of nitrogens with zero attached hydrogens (tertiary/aromatic N) is 2. The Morgan fingerprint density at radius 3 is 2.52 bits per heavy atom. The van der Waals surface area contributed by atoms with Gasteiger partial charge in [-0.2, -0.15) is 5.10 Å². The maximum absolute atomic E-state index is 13.3. The van der Waals surface area contributed by atoms with Crippen molar-refractivity contribution in [3.63, 3.8) is 0 Å². The third kappa shape index (κ3) is 5.84. The lowest BCUT2D eigenvalue weighted by Crippen LogP contribution is -2.39. The van der Waals surface area contributed by atoms with Crippen LogP contribution in [0, 0.1) is 0 Å². The zero-order valence-electron chi connectivity index (χ0n) is 16.6. The fourth-order valence-electron chi connectivity index (χ4n) is 2.73. The van der Waals surface area contributed by atoms with Gasteiger partial charge in [-0.15, -0.1) is 0 Å². The molecule has 3 aromatic rings. The molecule has 3 rings (SSSR count). The summed E-state index contributed by atoms with van der Waals surface area (Å²) in [6.07, 6.45) is 1.42. The van der Waals surface area contributed by atoms with E-state index in [1.807, 2.05) is 0 Å². The lowest BCUT2D eigenvalue weighted by Gasteiger charge is -2.24. The smallest absolute Gasteiger partial charge is 0.264 e. The highest BCUT2D eigenvalue weighted by molar-refractivity contribution is 7.92. The molecule has 0 unspecified atom stereocenters. The summed E-state index contributed by atoms with van der Waals surface area (Å²) in [5, 5.41) is 4.42. The lowest BCUT2D eigenvalue weighted by molar-refractivity contribution is -0.119. The summed E-state index contributed by atoms with van der Waals surface area (Å²) in [6, 6.07) is 21.3. The van der Waals surface area contributed by atoms with E-state index in [1.165, 1.54) is 25.5 Å². The number of hydrazone groups is 1. The van der Waals surface area contributed by atoms with Gasteiger partial charge in [0.15, 0.2) is 0 Å². The van der Waals surface area contributed by atoms with Crippen LogP contribution in [-0.4, -0.2) is 34.2 Å². The largest absolute Gasteiger partial charge is 0.497 e. The molecule has 0 saturated heterocycles. The quantitative estimate of drug-likeness (QED) is 0.412. The fraction of sp³-hybridized carbons (Fsp3) is 0.0909. The second-order valence-corrected chi connectivity index (χ2v) is 8.67. The number of hydrogen-bond acceptors (Lipinski definition) is 5. The average Bonchev–Trinajstić information content (AvgIpc) is 2.78. The van der Waals surface area contributed by atoms with Crippen molar-refractivity contribution in [3.8, 4) is 5.75 Å². The number of carbonyl (C=O) groups excluding carboxylic acids is 1. The molecule has 0 aliphatic heterocycles. The molecule has 1 N–H and O–H groups in total. The van der Waals surface area contributed by atoms with Gasteiger partial charge in [0.1, 0.15) is 12.3 Å². The molecule has 160 valence electrons. The van der Waals surface area contributed by atoms with E-state index in [1.54, 1.807) is 66.7 Å². The molecular weight excluding hydrogens is 438 g/mol. The molecule has 0 radical (unpaired) electrons. The van der Waals surface area contributed by atoms with Crippen LogP contribution in [0.15, 0.2) is 88.9 Å². The van der Waals surface area contributed by atoms with Gasteiger partial charge in [0, 0.05) is 11.1 Å². The number of hydrogen-bond donors (Lipinski definition) is 1. The molecule has 0 heterocycles. The van der Waals surface area contributed by atoms with Crippen molar-refractivity contribution >= 4 is 39.4 Å². The first-order chi connectivity index (χ1) is 14.9. The molecule has 0 saturated carbocycles. The van der Waals surface area contributed by atoms with E-state index in [4.69, 9.17) is 16.3 Å². The first-order valence-electron chi connectivity index (χ1n) is 9.19. The number of rotatable bonds is 8. The number of amides is 1. The summed E-state index contributed by atoms with van der Waals surface area (Å²) in [7, 11) is -2.53. The summed E-state index contributed by atoms with van der Waals surface area (Å²) in [6.45, 7) is -0.475. The molecule has 0 bridgehead atoms. The Hall–Kier alpha value is -3.36. The molecular formula is C22H20ClN3O4S. The van der Waals surface area contributed by atoms with Gasteiger partial charge in [-0.25, -0.2) is 13.8 Å². The average molecular weight is 458 g/mol. The van der Waals surface area contributed by atoms with Crippen LogP contribution in [0.1, 0.15) is 5.56 Å². The van der Waals surface area contributed by atoms with Crippen LogP contribution in [0.3, 0.4) is 0 Å². The Morgan fingerprint density at radius 2 is 1.81 bits per heavy atom. The van der Waals surface area contributed by atoms with Gasteiger partial charge in [0.2, 0.25) is 0 Å². The predicted octanol–water partition coefficient (Wildman–Crippen LogP) is 3.69. The topological polar surface area (TPSA) is 88.1 Å². The van der Waals surface area contributed by atoms with Gasteiger partial charge >= 0.3 is 0 Å². The molecule has 0 aliphatic rings. The number of benzene rings is 3. The third-order valence-electron chi connectivity index (χ3n) is 4.21. The minimum atomic E-state index is -4.01. The molecule has 0 atom stereocenters. The van der Waals surface area contributed by atoms with Gasteiger partial charge in [-0.05, 0) is 42.0 Å². The zero-order valence-corrected chi connectivity index (χ0v) is 18.2. The van der Waals surface area contributed by atoms with Crippen LogP contribution >= 0.6 is 11.6 Å². The van der Waals surface area contributed by atoms with Crippen molar-refractivity contribution in [2.24, 2.45) is 5.10 Å². The number of methoxy groups -OCH3 is 1. The Balaban J connectivity index is 1.85. The van der Waals surface area contributed by atoms with Crippen LogP contribution in [0.5, 0.6) is 5.75 Å². The maximum Gasteiger partial charge on any atom is 0.264 e. The number of ether oxygens (including phenoxy) is 1. The molecule has 0 fully saturated rings.